The Hall–Kier alpha value is -0.601. The van der Waals surface area contributed by atoms with Gasteiger partial charge in [-0.2, -0.15) is 0 Å². The Labute approximate surface area is 83.3 Å². The predicted molar refractivity (Wildman–Crippen MR) is 52.7 cm³/mol. The molecular formula is C9H12N2OSe. The van der Waals surface area contributed by atoms with Crippen LogP contribution in [0.1, 0.15) is 18.5 Å². The second kappa shape index (κ2) is 3.64. The molecule has 0 saturated heterocycles. The zero-order valence-electron chi connectivity index (χ0n) is 7.62. The van der Waals surface area contributed by atoms with Crippen LogP contribution in [0.15, 0.2) is 10.9 Å². The molecule has 3 nitrogen and oxygen atoms in total. The molecule has 2 heterocycles. The van der Waals surface area contributed by atoms with Gasteiger partial charge in [0.25, 0.3) is 0 Å². The van der Waals surface area contributed by atoms with Gasteiger partial charge in [-0.1, -0.05) is 0 Å². The van der Waals surface area contributed by atoms with E-state index in [1.807, 2.05) is 11.5 Å². The average molecular weight is 243 g/mol. The summed E-state index contributed by atoms with van der Waals surface area (Å²) in [5.41, 5.74) is 0.992. The van der Waals surface area contributed by atoms with Crippen LogP contribution in [0, 0.1) is 6.92 Å². The number of hydrogen-bond donors (Lipinski definition) is 0. The molecule has 0 radical (unpaired) electrons. The second-order valence-corrected chi connectivity index (χ2v) is 5.45. The van der Waals surface area contributed by atoms with Crippen molar-refractivity contribution >= 4 is 19.7 Å². The summed E-state index contributed by atoms with van der Waals surface area (Å²) in [6.45, 7) is 2.76. The Bertz CT molecular complexity index is 372. The first kappa shape index (κ1) is 8.97. The fourth-order valence-corrected chi connectivity index (χ4v) is 3.70. The fourth-order valence-electron chi connectivity index (χ4n) is 1.45. The first-order valence-corrected chi connectivity index (χ1v) is 6.55. The normalized spacial score (nSPS) is 16.4. The summed E-state index contributed by atoms with van der Waals surface area (Å²) in [6, 6.07) is 1.63. The summed E-state index contributed by atoms with van der Waals surface area (Å²) in [5, 5.41) is 1.23. The number of rotatable bonds is 0. The van der Waals surface area contributed by atoms with Crippen molar-refractivity contribution in [3.63, 3.8) is 0 Å². The SMILES string of the molecule is Cc1cc(=O)n2c(n1)[Se]CCCC2. The van der Waals surface area contributed by atoms with Crippen molar-refractivity contribution in [3.05, 3.63) is 22.1 Å². The molecule has 0 atom stereocenters. The third-order valence-electron chi connectivity index (χ3n) is 2.11. The third kappa shape index (κ3) is 1.84. The van der Waals surface area contributed by atoms with Gasteiger partial charge in [-0.25, -0.2) is 0 Å². The van der Waals surface area contributed by atoms with Crippen LogP contribution in [0.3, 0.4) is 0 Å². The summed E-state index contributed by atoms with van der Waals surface area (Å²) < 4.78 is 2.88. The van der Waals surface area contributed by atoms with Gasteiger partial charge < -0.3 is 0 Å². The molecule has 0 amide bonds. The van der Waals surface area contributed by atoms with Crippen LogP contribution in [0.25, 0.3) is 0 Å². The maximum atomic E-state index is 11.6. The van der Waals surface area contributed by atoms with E-state index in [9.17, 15) is 4.79 Å². The minimum atomic E-state index is 0.131. The zero-order valence-corrected chi connectivity index (χ0v) is 9.33. The van der Waals surface area contributed by atoms with Gasteiger partial charge in [-0.15, -0.1) is 0 Å². The molecule has 1 aliphatic rings. The summed E-state index contributed by atoms with van der Waals surface area (Å²) in [6.07, 6.45) is 2.36. The van der Waals surface area contributed by atoms with Crippen molar-refractivity contribution in [1.29, 1.82) is 0 Å². The molecule has 0 fully saturated rings. The molecule has 0 N–H and O–H groups in total. The van der Waals surface area contributed by atoms with E-state index < -0.39 is 0 Å². The van der Waals surface area contributed by atoms with Crippen LogP contribution in [-0.2, 0) is 6.54 Å². The van der Waals surface area contributed by atoms with Crippen molar-refractivity contribution in [3.8, 4) is 0 Å². The summed E-state index contributed by atoms with van der Waals surface area (Å²) >= 11 is 0.404. The number of hydrogen-bond acceptors (Lipinski definition) is 2. The van der Waals surface area contributed by atoms with Crippen LogP contribution in [0.2, 0.25) is 5.32 Å². The van der Waals surface area contributed by atoms with E-state index in [0.29, 0.717) is 15.0 Å². The Morgan fingerprint density at radius 2 is 2.38 bits per heavy atom. The van der Waals surface area contributed by atoms with E-state index in [1.54, 1.807) is 6.07 Å². The van der Waals surface area contributed by atoms with Crippen LogP contribution < -0.4 is 10.3 Å². The van der Waals surface area contributed by atoms with Crippen molar-refractivity contribution < 1.29 is 0 Å². The van der Waals surface area contributed by atoms with Gasteiger partial charge in [0.15, 0.2) is 0 Å². The monoisotopic (exact) mass is 244 g/mol. The molecule has 0 aliphatic carbocycles. The van der Waals surface area contributed by atoms with Crippen molar-refractivity contribution in [2.75, 3.05) is 0 Å². The first-order valence-electron chi connectivity index (χ1n) is 4.48. The van der Waals surface area contributed by atoms with E-state index in [2.05, 4.69) is 4.98 Å². The minimum absolute atomic E-state index is 0.131. The first-order chi connectivity index (χ1) is 6.27. The molecule has 0 spiro atoms. The van der Waals surface area contributed by atoms with Gasteiger partial charge in [0.1, 0.15) is 0 Å². The van der Waals surface area contributed by atoms with Gasteiger partial charge >= 0.3 is 83.0 Å². The predicted octanol–water partition coefficient (Wildman–Crippen LogP) is 0.0933. The van der Waals surface area contributed by atoms with Gasteiger partial charge in [0, 0.05) is 0 Å². The Balaban J connectivity index is 2.53. The van der Waals surface area contributed by atoms with Gasteiger partial charge in [0.05, 0.1) is 0 Å². The molecule has 1 aromatic heterocycles. The third-order valence-corrected chi connectivity index (χ3v) is 4.34. The molecule has 0 unspecified atom stereocenters. The quantitative estimate of drug-likeness (QED) is 0.605. The van der Waals surface area contributed by atoms with E-state index in [4.69, 9.17) is 0 Å². The van der Waals surface area contributed by atoms with Gasteiger partial charge in [-0.3, -0.25) is 0 Å². The van der Waals surface area contributed by atoms with E-state index in [1.165, 1.54) is 11.7 Å². The second-order valence-electron chi connectivity index (χ2n) is 3.23. The summed E-state index contributed by atoms with van der Waals surface area (Å²) in [5.74, 6) is 0. The zero-order chi connectivity index (χ0) is 9.26. The molecule has 4 heteroatoms. The molecule has 1 aromatic rings. The fraction of sp³-hybridized carbons (Fsp3) is 0.556. The summed E-state index contributed by atoms with van der Waals surface area (Å²) in [7, 11) is 0. The number of aromatic nitrogens is 2. The van der Waals surface area contributed by atoms with Crippen LogP contribution >= 0.6 is 0 Å². The molecular weight excluding hydrogens is 231 g/mol. The maximum absolute atomic E-state index is 11.6. The standard InChI is InChI=1S/C9H12N2OSe/c1-7-6-8(12)11-4-2-3-5-13-9(11)10-7/h6H,2-5H2,1H3. The summed E-state index contributed by atoms with van der Waals surface area (Å²) in [4.78, 5) is 16.0. The van der Waals surface area contributed by atoms with Crippen LogP contribution in [0.5, 0.6) is 0 Å². The van der Waals surface area contributed by atoms with E-state index in [-0.39, 0.29) is 5.56 Å². The van der Waals surface area contributed by atoms with Gasteiger partial charge in [0.2, 0.25) is 0 Å². The van der Waals surface area contributed by atoms with Crippen molar-refractivity contribution in [2.45, 2.75) is 31.6 Å². The number of fused-ring (bicyclic) bond motifs is 1. The topological polar surface area (TPSA) is 34.9 Å². The van der Waals surface area contributed by atoms with Gasteiger partial charge in [-0.05, 0) is 0 Å². The average Bonchev–Trinajstić information content (AvgIpc) is 2.28. The van der Waals surface area contributed by atoms with Crippen molar-refractivity contribution in [2.24, 2.45) is 0 Å². The van der Waals surface area contributed by atoms with E-state index in [0.717, 1.165) is 23.4 Å². The Kier molecular flexibility index (Phi) is 2.51. The molecule has 13 heavy (non-hydrogen) atoms. The van der Waals surface area contributed by atoms with Crippen LogP contribution in [-0.4, -0.2) is 24.5 Å². The molecule has 0 aromatic carbocycles. The molecule has 0 saturated carbocycles. The number of aryl methyl sites for hydroxylation is 1. The van der Waals surface area contributed by atoms with Crippen molar-refractivity contribution in [1.82, 2.24) is 9.55 Å². The molecule has 70 valence electrons. The van der Waals surface area contributed by atoms with E-state index >= 15 is 0 Å². The number of nitrogens with zero attached hydrogens (tertiary/aromatic N) is 2. The molecule has 1 aliphatic heterocycles. The molecule has 0 bridgehead atoms. The Morgan fingerprint density at radius 3 is 3.23 bits per heavy atom. The van der Waals surface area contributed by atoms with Crippen LogP contribution in [0.4, 0.5) is 0 Å². The molecule has 2 rings (SSSR count). The Morgan fingerprint density at radius 1 is 1.54 bits per heavy atom.